The molecule has 1 N–H and O–H groups in total. The highest BCUT2D eigenvalue weighted by Crippen LogP contribution is 2.31. The van der Waals surface area contributed by atoms with Gasteiger partial charge >= 0.3 is 0 Å². The Kier molecular flexibility index (Phi) is 6.07. The van der Waals surface area contributed by atoms with Crippen LogP contribution in [-0.4, -0.2) is 35.3 Å². The predicted molar refractivity (Wildman–Crippen MR) is 83.8 cm³/mol. The van der Waals surface area contributed by atoms with Gasteiger partial charge in [0, 0.05) is 6.54 Å². The van der Waals surface area contributed by atoms with E-state index in [0.29, 0.717) is 5.92 Å². The lowest BCUT2D eigenvalue weighted by molar-refractivity contribution is -0.152. The third-order valence-corrected chi connectivity index (χ3v) is 4.93. The summed E-state index contributed by atoms with van der Waals surface area (Å²) in [4.78, 5) is 27.2. The second kappa shape index (κ2) is 7.81. The Morgan fingerprint density at radius 3 is 2.43 bits per heavy atom. The fraction of sp³-hybridized carbons (Fsp3) is 0.882. The molecule has 1 saturated heterocycles. The SMILES string of the molecule is CCCCN1C(=O)C(CCC)NC(=O)C1C1CCCCC1. The lowest BCUT2D eigenvalue weighted by atomic mass is 9.81. The van der Waals surface area contributed by atoms with Crippen LogP contribution in [0.4, 0.5) is 0 Å². The molecule has 2 rings (SSSR count). The van der Waals surface area contributed by atoms with Gasteiger partial charge in [0.25, 0.3) is 0 Å². The molecule has 4 heteroatoms. The second-order valence-electron chi connectivity index (χ2n) is 6.58. The quantitative estimate of drug-likeness (QED) is 0.819. The van der Waals surface area contributed by atoms with Crippen LogP contribution in [0.5, 0.6) is 0 Å². The molecule has 0 bridgehead atoms. The lowest BCUT2D eigenvalue weighted by Gasteiger charge is -2.43. The van der Waals surface area contributed by atoms with Gasteiger partial charge in [-0.2, -0.15) is 0 Å². The van der Waals surface area contributed by atoms with Gasteiger partial charge in [-0.25, -0.2) is 0 Å². The molecular formula is C17H30N2O2. The maximum Gasteiger partial charge on any atom is 0.245 e. The van der Waals surface area contributed by atoms with Crippen LogP contribution in [0.15, 0.2) is 0 Å². The molecule has 0 aromatic heterocycles. The van der Waals surface area contributed by atoms with Gasteiger partial charge in [-0.05, 0) is 31.6 Å². The molecule has 0 spiro atoms. The molecule has 0 aromatic carbocycles. The molecule has 0 radical (unpaired) electrons. The maximum absolute atomic E-state index is 12.7. The number of amides is 2. The molecular weight excluding hydrogens is 264 g/mol. The number of rotatable bonds is 6. The summed E-state index contributed by atoms with van der Waals surface area (Å²) in [5.74, 6) is 0.610. The Morgan fingerprint density at radius 1 is 1.10 bits per heavy atom. The summed E-state index contributed by atoms with van der Waals surface area (Å²) in [5.41, 5.74) is 0. The minimum Gasteiger partial charge on any atom is -0.342 e. The molecule has 1 heterocycles. The molecule has 1 aliphatic heterocycles. The molecule has 2 aliphatic rings. The van der Waals surface area contributed by atoms with E-state index >= 15 is 0 Å². The van der Waals surface area contributed by atoms with Crippen molar-refractivity contribution in [1.82, 2.24) is 10.2 Å². The first-order valence-corrected chi connectivity index (χ1v) is 8.79. The summed E-state index contributed by atoms with van der Waals surface area (Å²) in [6.45, 7) is 4.93. The lowest BCUT2D eigenvalue weighted by Crippen LogP contribution is -2.65. The highest BCUT2D eigenvalue weighted by atomic mass is 16.2. The van der Waals surface area contributed by atoms with Crippen LogP contribution < -0.4 is 5.32 Å². The molecule has 2 atom stereocenters. The normalized spacial score (nSPS) is 27.8. The first-order chi connectivity index (χ1) is 10.2. The molecule has 2 fully saturated rings. The summed E-state index contributed by atoms with van der Waals surface area (Å²) in [6.07, 6.45) is 9.57. The Balaban J connectivity index is 2.14. The zero-order chi connectivity index (χ0) is 15.2. The van der Waals surface area contributed by atoms with E-state index in [-0.39, 0.29) is 23.9 Å². The summed E-state index contributed by atoms with van der Waals surface area (Å²) in [6, 6.07) is -0.503. The predicted octanol–water partition coefficient (Wildman–Crippen LogP) is 2.86. The van der Waals surface area contributed by atoms with Crippen LogP contribution in [0, 0.1) is 5.92 Å². The number of nitrogens with one attached hydrogen (secondary N) is 1. The second-order valence-corrected chi connectivity index (χ2v) is 6.58. The summed E-state index contributed by atoms with van der Waals surface area (Å²) >= 11 is 0. The van der Waals surface area contributed by atoms with Crippen LogP contribution in [-0.2, 0) is 9.59 Å². The van der Waals surface area contributed by atoms with Gasteiger partial charge in [-0.15, -0.1) is 0 Å². The third-order valence-electron chi connectivity index (χ3n) is 4.93. The summed E-state index contributed by atoms with van der Waals surface area (Å²) < 4.78 is 0. The summed E-state index contributed by atoms with van der Waals surface area (Å²) in [5, 5.41) is 2.99. The minimum absolute atomic E-state index is 0.0936. The highest BCUT2D eigenvalue weighted by Gasteiger charge is 2.43. The molecule has 1 saturated carbocycles. The number of unbranched alkanes of at least 4 members (excludes halogenated alkanes) is 1. The van der Waals surface area contributed by atoms with Gasteiger partial charge in [0.2, 0.25) is 11.8 Å². The van der Waals surface area contributed by atoms with Crippen LogP contribution in [0.25, 0.3) is 0 Å². The fourth-order valence-electron chi connectivity index (χ4n) is 3.78. The van der Waals surface area contributed by atoms with E-state index in [9.17, 15) is 9.59 Å². The van der Waals surface area contributed by atoms with Crippen LogP contribution in [0.1, 0.15) is 71.6 Å². The number of hydrogen-bond donors (Lipinski definition) is 1. The van der Waals surface area contributed by atoms with E-state index in [0.717, 1.165) is 45.1 Å². The van der Waals surface area contributed by atoms with Crippen LogP contribution in [0.3, 0.4) is 0 Å². The number of carbonyl (C=O) groups excluding carboxylic acids is 2. The van der Waals surface area contributed by atoms with Crippen molar-refractivity contribution < 1.29 is 9.59 Å². The largest absolute Gasteiger partial charge is 0.342 e. The smallest absolute Gasteiger partial charge is 0.245 e. The van der Waals surface area contributed by atoms with Crippen molar-refractivity contribution in [1.29, 1.82) is 0 Å². The zero-order valence-corrected chi connectivity index (χ0v) is 13.6. The van der Waals surface area contributed by atoms with Crippen molar-refractivity contribution >= 4 is 11.8 Å². The van der Waals surface area contributed by atoms with E-state index in [4.69, 9.17) is 0 Å². The highest BCUT2D eigenvalue weighted by molar-refractivity contribution is 5.97. The average Bonchev–Trinajstić information content (AvgIpc) is 2.50. The molecule has 2 amide bonds. The monoisotopic (exact) mass is 294 g/mol. The van der Waals surface area contributed by atoms with E-state index in [1.807, 2.05) is 4.90 Å². The van der Waals surface area contributed by atoms with Crippen molar-refractivity contribution in [3.8, 4) is 0 Å². The van der Waals surface area contributed by atoms with Crippen molar-refractivity contribution in [3.05, 3.63) is 0 Å². The Bertz CT molecular complexity index is 364. The van der Waals surface area contributed by atoms with Gasteiger partial charge < -0.3 is 10.2 Å². The molecule has 4 nitrogen and oxygen atoms in total. The van der Waals surface area contributed by atoms with Crippen molar-refractivity contribution in [2.45, 2.75) is 83.7 Å². The third kappa shape index (κ3) is 3.78. The molecule has 0 aromatic rings. The first kappa shape index (κ1) is 16.3. The number of nitrogens with zero attached hydrogens (tertiary/aromatic N) is 1. The van der Waals surface area contributed by atoms with Gasteiger partial charge in [-0.3, -0.25) is 9.59 Å². The van der Waals surface area contributed by atoms with E-state index < -0.39 is 0 Å². The first-order valence-electron chi connectivity index (χ1n) is 8.79. The molecule has 2 unspecified atom stereocenters. The van der Waals surface area contributed by atoms with E-state index in [2.05, 4.69) is 19.2 Å². The minimum atomic E-state index is -0.292. The van der Waals surface area contributed by atoms with Crippen LogP contribution in [0.2, 0.25) is 0 Å². The Hall–Kier alpha value is -1.06. The fourth-order valence-corrected chi connectivity index (χ4v) is 3.78. The van der Waals surface area contributed by atoms with Crippen molar-refractivity contribution in [2.75, 3.05) is 6.54 Å². The maximum atomic E-state index is 12.7. The van der Waals surface area contributed by atoms with Crippen molar-refractivity contribution in [2.24, 2.45) is 5.92 Å². The molecule has 120 valence electrons. The Morgan fingerprint density at radius 2 is 1.81 bits per heavy atom. The summed E-state index contributed by atoms with van der Waals surface area (Å²) in [7, 11) is 0. The number of piperazine rings is 1. The standard InChI is InChI=1S/C17H30N2O2/c1-3-5-12-19-15(13-10-7-6-8-11-13)16(20)18-14(9-4-2)17(19)21/h13-15H,3-12H2,1-2H3,(H,18,20). The van der Waals surface area contributed by atoms with Gasteiger partial charge in [0.05, 0.1) is 0 Å². The zero-order valence-electron chi connectivity index (χ0n) is 13.6. The van der Waals surface area contributed by atoms with E-state index in [1.54, 1.807) is 0 Å². The van der Waals surface area contributed by atoms with Gasteiger partial charge in [0.15, 0.2) is 0 Å². The molecule has 21 heavy (non-hydrogen) atoms. The van der Waals surface area contributed by atoms with Crippen LogP contribution >= 0.6 is 0 Å². The van der Waals surface area contributed by atoms with Gasteiger partial charge in [0.1, 0.15) is 12.1 Å². The average molecular weight is 294 g/mol. The van der Waals surface area contributed by atoms with Gasteiger partial charge in [-0.1, -0.05) is 46.0 Å². The molecule has 1 aliphatic carbocycles. The number of carbonyl (C=O) groups is 2. The Labute approximate surface area is 128 Å². The van der Waals surface area contributed by atoms with E-state index in [1.165, 1.54) is 19.3 Å². The topological polar surface area (TPSA) is 49.4 Å². The number of hydrogen-bond acceptors (Lipinski definition) is 2. The van der Waals surface area contributed by atoms with Crippen molar-refractivity contribution in [3.63, 3.8) is 0 Å².